The number of benzene rings is 1. The van der Waals surface area contributed by atoms with Crippen molar-refractivity contribution in [2.75, 3.05) is 11.5 Å². The van der Waals surface area contributed by atoms with E-state index in [1.807, 2.05) is 12.1 Å². The van der Waals surface area contributed by atoms with E-state index in [0.29, 0.717) is 11.4 Å². The van der Waals surface area contributed by atoms with E-state index in [0.717, 1.165) is 20.3 Å². The smallest absolute Gasteiger partial charge is 0.333 e. The highest BCUT2D eigenvalue weighted by Crippen LogP contribution is 2.21. The number of aryl methyl sites for hydroxylation is 1. The van der Waals surface area contributed by atoms with Gasteiger partial charge in [0.05, 0.1) is 22.9 Å². The van der Waals surface area contributed by atoms with Gasteiger partial charge in [-0.2, -0.15) is 0 Å². The third kappa shape index (κ3) is 5.93. The lowest BCUT2D eigenvalue weighted by Gasteiger charge is -2.07. The van der Waals surface area contributed by atoms with Gasteiger partial charge in [0.2, 0.25) is 0 Å². The van der Waals surface area contributed by atoms with Crippen LogP contribution >= 0.6 is 22.9 Å². The number of carbonyl (C=O) groups is 1. The molecule has 1 amide bonds. The van der Waals surface area contributed by atoms with Gasteiger partial charge in [-0.25, -0.2) is 0 Å². The van der Waals surface area contributed by atoms with Gasteiger partial charge in [-0.15, -0.1) is 0 Å². The molecule has 2 rings (SSSR count). The Balaban J connectivity index is 1.94. The molecule has 2 N–H and O–H groups in total. The lowest BCUT2D eigenvalue weighted by molar-refractivity contribution is -0.607. The summed E-state index contributed by atoms with van der Waals surface area (Å²) in [6, 6.07) is 11.4. The van der Waals surface area contributed by atoms with Crippen LogP contribution in [0.2, 0.25) is 0 Å². The van der Waals surface area contributed by atoms with Gasteiger partial charge in [-0.1, -0.05) is 12.1 Å². The molecule has 0 aliphatic rings. The van der Waals surface area contributed by atoms with Gasteiger partial charge in [-0.05, 0) is 30.3 Å². The Labute approximate surface area is 166 Å². The Hall–Kier alpha value is -1.36. The van der Waals surface area contributed by atoms with Crippen molar-refractivity contribution in [3.8, 4) is 11.5 Å². The number of carbonyl (C=O) groups excluding carboxylic acids is 1. The number of hydrogen-bond acceptors (Lipinski definition) is 4. The molecule has 126 valence electrons. The second-order valence-electron chi connectivity index (χ2n) is 4.77. The van der Waals surface area contributed by atoms with E-state index in [4.69, 9.17) is 4.74 Å². The number of amides is 1. The predicted molar refractivity (Wildman–Crippen MR) is 99.0 cm³/mol. The number of aromatic nitrogens is 1. The first kappa shape index (κ1) is 19.0. The third-order valence-electron chi connectivity index (χ3n) is 3.09. The minimum atomic E-state index is -0.235. The van der Waals surface area contributed by atoms with Crippen molar-refractivity contribution in [3.63, 3.8) is 0 Å². The summed E-state index contributed by atoms with van der Waals surface area (Å²) in [6.07, 6.45) is 2.60. The van der Waals surface area contributed by atoms with Gasteiger partial charge in [0, 0.05) is 25.7 Å². The summed E-state index contributed by atoms with van der Waals surface area (Å²) >= 11 is 2.11. The molecule has 24 heavy (non-hydrogen) atoms. The van der Waals surface area contributed by atoms with Crippen LogP contribution in [-0.4, -0.2) is 22.4 Å². The van der Waals surface area contributed by atoms with Crippen LogP contribution in [0, 0.1) is 0 Å². The maximum Gasteiger partial charge on any atom is 0.333 e. The molecular formula is C17H18I2N3O2+. The van der Waals surface area contributed by atoms with Crippen LogP contribution in [0.25, 0.3) is 0 Å². The molecule has 0 unspecified atom stereocenters. The monoisotopic (exact) mass is 550 g/mol. The molecule has 0 radical (unpaired) electrons. The normalized spacial score (nSPS) is 10.1. The first-order valence-electron chi connectivity index (χ1n) is 7.22. The topological polar surface area (TPSA) is 63.2 Å². The summed E-state index contributed by atoms with van der Waals surface area (Å²) in [4.78, 5) is 15.6. The van der Waals surface area contributed by atoms with Crippen molar-refractivity contribution in [1.29, 1.82) is 0 Å². The fourth-order valence-corrected chi connectivity index (χ4v) is 4.54. The van der Waals surface area contributed by atoms with E-state index in [-0.39, 0.29) is 27.1 Å². The number of pyridine rings is 1. The molecule has 7 heteroatoms. The highest BCUT2D eigenvalue weighted by molar-refractivity contribution is 14.1. The average Bonchev–Trinajstić information content (AvgIpc) is 2.62. The van der Waals surface area contributed by atoms with Crippen molar-refractivity contribution in [3.05, 3.63) is 64.1 Å². The molecule has 0 aliphatic carbocycles. The van der Waals surface area contributed by atoms with Gasteiger partial charge < -0.3 is 10.1 Å². The molecule has 1 aromatic carbocycles. The number of ether oxygens (including phenoxy) is 1. The second kappa shape index (κ2) is 9.82. The molecule has 0 saturated heterocycles. The van der Waals surface area contributed by atoms with Gasteiger partial charge in [-0.3, -0.25) is 13.3 Å². The minimum absolute atomic E-state index is 0.0134. The SMILES string of the molecule is C=C(NI)[I+]CCc1ccc(Oc2ccnc(C(=O)NC)c2)cc1. The summed E-state index contributed by atoms with van der Waals surface area (Å²) in [7, 11) is 1.57. The largest absolute Gasteiger partial charge is 0.457 e. The fourth-order valence-electron chi connectivity index (χ4n) is 1.88. The molecule has 0 atom stereocenters. The number of nitrogens with zero attached hydrogens (tertiary/aromatic N) is 1. The Morgan fingerprint density at radius 3 is 2.71 bits per heavy atom. The summed E-state index contributed by atoms with van der Waals surface area (Å²) in [5.74, 6) is 1.09. The lowest BCUT2D eigenvalue weighted by Crippen LogP contribution is -3.62. The Bertz CT molecular complexity index is 705. The molecule has 1 aromatic heterocycles. The zero-order valence-electron chi connectivity index (χ0n) is 13.2. The van der Waals surface area contributed by atoms with Crippen molar-refractivity contribution in [2.45, 2.75) is 6.42 Å². The Morgan fingerprint density at radius 1 is 1.29 bits per heavy atom. The lowest BCUT2D eigenvalue weighted by atomic mass is 10.2. The quantitative estimate of drug-likeness (QED) is 0.215. The van der Waals surface area contributed by atoms with Crippen LogP contribution in [0.15, 0.2) is 52.9 Å². The van der Waals surface area contributed by atoms with Crippen molar-refractivity contribution >= 4 is 28.8 Å². The molecule has 0 saturated carbocycles. The van der Waals surface area contributed by atoms with Crippen molar-refractivity contribution in [1.82, 2.24) is 13.8 Å². The molecule has 0 fully saturated rings. The zero-order chi connectivity index (χ0) is 17.4. The molecule has 1 heterocycles. The Kier molecular flexibility index (Phi) is 7.76. The number of rotatable bonds is 8. The number of hydrogen-bond donors (Lipinski definition) is 2. The summed E-state index contributed by atoms with van der Waals surface area (Å²) in [5.41, 5.74) is 1.61. The highest BCUT2D eigenvalue weighted by atomic mass is 127. The Morgan fingerprint density at radius 2 is 2.04 bits per heavy atom. The zero-order valence-corrected chi connectivity index (χ0v) is 17.5. The van der Waals surface area contributed by atoms with Gasteiger partial charge in [0.25, 0.3) is 9.61 Å². The van der Waals surface area contributed by atoms with Gasteiger partial charge in [0.1, 0.15) is 17.2 Å². The third-order valence-corrected chi connectivity index (χ3v) is 7.04. The summed E-state index contributed by atoms with van der Waals surface area (Å²) in [5, 5.41) is 2.55. The molecule has 0 aliphatic heterocycles. The van der Waals surface area contributed by atoms with E-state index >= 15 is 0 Å². The molecule has 0 spiro atoms. The van der Waals surface area contributed by atoms with E-state index in [1.54, 1.807) is 25.4 Å². The van der Waals surface area contributed by atoms with Crippen LogP contribution in [0.5, 0.6) is 11.5 Å². The van der Waals surface area contributed by atoms with Gasteiger partial charge in [0.15, 0.2) is 4.43 Å². The van der Waals surface area contributed by atoms with E-state index in [9.17, 15) is 4.79 Å². The van der Waals surface area contributed by atoms with Crippen molar-refractivity contribution < 1.29 is 30.7 Å². The average molecular weight is 550 g/mol. The highest BCUT2D eigenvalue weighted by Gasteiger charge is 2.11. The fraction of sp³-hybridized carbons (Fsp3) is 0.176. The molecular weight excluding hydrogens is 532 g/mol. The second-order valence-corrected chi connectivity index (χ2v) is 8.46. The first-order valence-corrected chi connectivity index (χ1v) is 10.9. The van der Waals surface area contributed by atoms with E-state index < -0.39 is 0 Å². The van der Waals surface area contributed by atoms with Crippen LogP contribution in [-0.2, 0) is 6.42 Å². The minimum Gasteiger partial charge on any atom is -0.457 e. The van der Waals surface area contributed by atoms with E-state index in [2.05, 4.69) is 55.4 Å². The van der Waals surface area contributed by atoms with Crippen molar-refractivity contribution in [2.24, 2.45) is 0 Å². The van der Waals surface area contributed by atoms with E-state index in [1.165, 1.54) is 5.56 Å². The number of alkyl halides is 1. The molecule has 0 bridgehead atoms. The molecule has 5 nitrogen and oxygen atoms in total. The summed E-state index contributed by atoms with van der Waals surface area (Å²) in [6.45, 7) is 3.97. The van der Waals surface area contributed by atoms with Crippen LogP contribution in [0.4, 0.5) is 0 Å². The van der Waals surface area contributed by atoms with Crippen LogP contribution < -0.4 is 34.8 Å². The van der Waals surface area contributed by atoms with Crippen LogP contribution in [0.3, 0.4) is 0 Å². The first-order chi connectivity index (χ1) is 11.6. The maximum atomic E-state index is 11.6. The standard InChI is InChI=1S/C17H17I2N3O2/c1-12(22-18)19-9-7-13-3-5-14(6-4-13)24-15-8-10-21-16(11-15)17(23)20-2/h3-6,8,10-11,22H,1,7,9H2,2H3/p+1. The van der Waals surface area contributed by atoms with Gasteiger partial charge >= 0.3 is 21.2 Å². The summed E-state index contributed by atoms with van der Waals surface area (Å²) < 4.78 is 11.2. The maximum absolute atomic E-state index is 11.6. The predicted octanol–water partition coefficient (Wildman–Crippen LogP) is 0.276. The molecule has 2 aromatic rings. The number of halogens is 2. The van der Waals surface area contributed by atoms with Crippen LogP contribution in [0.1, 0.15) is 16.1 Å². The number of nitrogens with one attached hydrogen (secondary N) is 2.